The van der Waals surface area contributed by atoms with E-state index in [1.165, 1.54) is 18.5 Å². The minimum atomic E-state index is -0.792. The van der Waals surface area contributed by atoms with Crippen LogP contribution in [0.1, 0.15) is 27.2 Å². The number of imidazole rings is 1. The average Bonchev–Trinajstić information content (AvgIpc) is 3.53. The van der Waals surface area contributed by atoms with Gasteiger partial charge in [0, 0.05) is 22.9 Å². The van der Waals surface area contributed by atoms with Crippen LogP contribution in [0.2, 0.25) is 0 Å². The average molecular weight is 540 g/mol. The standard InChI is InChI=1S/C30H27F2N7O/c1-30(2,3)12-23(40)35-17-11-16(13-33-14-17)26-25(32)24-22(15-34-26)38-39-28(24)29-36-21-10-6-8-19(27(21)37-29)18-7-4-5-9-20(18)31/h4-11,13-15,23,35,40H,12H2,1-3H3,(H,36,37)(H,38,39). The highest BCUT2D eigenvalue weighted by atomic mass is 19.1. The Morgan fingerprint density at radius 1 is 0.950 bits per heavy atom. The Kier molecular flexibility index (Phi) is 6.26. The first kappa shape index (κ1) is 25.6. The second-order valence-electron chi connectivity index (χ2n) is 10.9. The maximum absolute atomic E-state index is 16.1. The predicted octanol–water partition coefficient (Wildman–Crippen LogP) is 6.67. The molecule has 40 heavy (non-hydrogen) atoms. The number of anilines is 1. The van der Waals surface area contributed by atoms with Crippen molar-refractivity contribution in [3.8, 4) is 33.9 Å². The number of nitrogens with one attached hydrogen (secondary N) is 3. The lowest BCUT2D eigenvalue weighted by atomic mass is 9.91. The van der Waals surface area contributed by atoms with Gasteiger partial charge in [0.15, 0.2) is 11.6 Å². The predicted molar refractivity (Wildman–Crippen MR) is 151 cm³/mol. The van der Waals surface area contributed by atoms with Gasteiger partial charge in [-0.1, -0.05) is 51.1 Å². The molecule has 0 amide bonds. The van der Waals surface area contributed by atoms with Gasteiger partial charge in [0.1, 0.15) is 23.4 Å². The molecule has 202 valence electrons. The Morgan fingerprint density at radius 3 is 2.55 bits per heavy atom. The number of aromatic nitrogens is 6. The summed E-state index contributed by atoms with van der Waals surface area (Å²) in [5.41, 5.74) is 3.90. The fourth-order valence-corrected chi connectivity index (χ4v) is 4.86. The second kappa shape index (κ2) is 9.80. The molecule has 6 aromatic rings. The van der Waals surface area contributed by atoms with E-state index in [1.54, 1.807) is 36.5 Å². The zero-order valence-corrected chi connectivity index (χ0v) is 22.1. The van der Waals surface area contributed by atoms with E-state index in [9.17, 15) is 9.50 Å². The fraction of sp³-hybridized carbons (Fsp3) is 0.200. The second-order valence-corrected chi connectivity index (χ2v) is 10.9. The summed E-state index contributed by atoms with van der Waals surface area (Å²) in [5, 5.41) is 20.8. The summed E-state index contributed by atoms with van der Waals surface area (Å²) in [5.74, 6) is -0.618. The number of hydrogen-bond acceptors (Lipinski definition) is 6. The molecule has 4 N–H and O–H groups in total. The van der Waals surface area contributed by atoms with E-state index in [-0.39, 0.29) is 28.0 Å². The highest BCUT2D eigenvalue weighted by molar-refractivity contribution is 5.98. The summed E-state index contributed by atoms with van der Waals surface area (Å²) in [6, 6.07) is 13.6. The number of aliphatic hydroxyl groups excluding tert-OH is 1. The van der Waals surface area contributed by atoms with E-state index in [2.05, 4.69) is 30.5 Å². The van der Waals surface area contributed by atoms with Crippen molar-refractivity contribution in [1.82, 2.24) is 30.1 Å². The van der Waals surface area contributed by atoms with Crippen LogP contribution in [0.5, 0.6) is 0 Å². The molecular formula is C30H27F2N7O. The number of H-pyrrole nitrogens is 2. The monoisotopic (exact) mass is 539 g/mol. The van der Waals surface area contributed by atoms with Gasteiger partial charge in [-0.05, 0) is 30.0 Å². The molecule has 1 unspecified atom stereocenters. The molecule has 6 rings (SSSR count). The van der Waals surface area contributed by atoms with Gasteiger partial charge in [-0.3, -0.25) is 15.1 Å². The summed E-state index contributed by atoms with van der Waals surface area (Å²) in [7, 11) is 0. The molecule has 0 radical (unpaired) electrons. The van der Waals surface area contributed by atoms with Gasteiger partial charge in [-0.15, -0.1) is 0 Å². The number of hydrogen-bond donors (Lipinski definition) is 4. The van der Waals surface area contributed by atoms with Crippen LogP contribution in [0.4, 0.5) is 14.5 Å². The molecule has 0 saturated carbocycles. The fourth-order valence-electron chi connectivity index (χ4n) is 4.86. The molecule has 0 spiro atoms. The molecule has 0 bridgehead atoms. The quantitative estimate of drug-likeness (QED) is 0.176. The summed E-state index contributed by atoms with van der Waals surface area (Å²) >= 11 is 0. The van der Waals surface area contributed by atoms with Gasteiger partial charge in [-0.25, -0.2) is 13.8 Å². The van der Waals surface area contributed by atoms with Crippen LogP contribution in [-0.4, -0.2) is 41.5 Å². The van der Waals surface area contributed by atoms with Gasteiger partial charge >= 0.3 is 0 Å². The third-order valence-corrected chi connectivity index (χ3v) is 6.60. The summed E-state index contributed by atoms with van der Waals surface area (Å²) < 4.78 is 30.7. The van der Waals surface area contributed by atoms with Crippen molar-refractivity contribution in [2.45, 2.75) is 33.4 Å². The Balaban J connectivity index is 1.41. The van der Waals surface area contributed by atoms with E-state index < -0.39 is 12.0 Å². The number of rotatable bonds is 6. The zero-order chi connectivity index (χ0) is 28.0. The highest BCUT2D eigenvalue weighted by Gasteiger charge is 2.22. The number of benzene rings is 2. The van der Waals surface area contributed by atoms with Crippen molar-refractivity contribution >= 4 is 27.6 Å². The van der Waals surface area contributed by atoms with Crippen LogP contribution in [0.15, 0.2) is 67.1 Å². The Labute approximate surface area is 228 Å². The van der Waals surface area contributed by atoms with E-state index in [0.717, 1.165) is 0 Å². The van der Waals surface area contributed by atoms with Crippen molar-refractivity contribution in [3.63, 3.8) is 0 Å². The van der Waals surface area contributed by atoms with E-state index >= 15 is 4.39 Å². The minimum absolute atomic E-state index is 0.0828. The molecule has 0 aliphatic rings. The van der Waals surface area contributed by atoms with Gasteiger partial charge in [0.2, 0.25) is 0 Å². The van der Waals surface area contributed by atoms with Gasteiger partial charge in [0.05, 0.1) is 40.0 Å². The van der Waals surface area contributed by atoms with Crippen molar-refractivity contribution < 1.29 is 13.9 Å². The lowest BCUT2D eigenvalue weighted by Gasteiger charge is -2.23. The van der Waals surface area contributed by atoms with Crippen LogP contribution in [0, 0.1) is 17.0 Å². The molecule has 2 aromatic carbocycles. The van der Waals surface area contributed by atoms with Crippen molar-refractivity contribution in [3.05, 3.63) is 78.8 Å². The number of para-hydroxylation sites is 1. The number of nitrogens with zero attached hydrogens (tertiary/aromatic N) is 4. The number of fused-ring (bicyclic) bond motifs is 2. The van der Waals surface area contributed by atoms with Crippen LogP contribution in [0.25, 0.3) is 55.8 Å². The molecule has 10 heteroatoms. The van der Waals surface area contributed by atoms with E-state index in [4.69, 9.17) is 4.98 Å². The molecule has 4 heterocycles. The largest absolute Gasteiger partial charge is 0.374 e. The topological polar surface area (TPSA) is 115 Å². The van der Waals surface area contributed by atoms with Crippen molar-refractivity contribution in [2.75, 3.05) is 5.32 Å². The number of aromatic amines is 2. The first-order valence-electron chi connectivity index (χ1n) is 12.8. The van der Waals surface area contributed by atoms with Crippen LogP contribution in [-0.2, 0) is 0 Å². The third-order valence-electron chi connectivity index (χ3n) is 6.60. The van der Waals surface area contributed by atoms with Crippen LogP contribution >= 0.6 is 0 Å². The first-order chi connectivity index (χ1) is 19.2. The smallest absolute Gasteiger partial charge is 0.161 e. The molecule has 0 fully saturated rings. The lowest BCUT2D eigenvalue weighted by molar-refractivity contribution is 0.145. The SMILES string of the molecule is CC(C)(C)CC(O)Nc1cncc(-c2ncc3[nH]nc(-c4nc5c(-c6ccccc6F)cccc5[nH]4)c3c2F)c1. The number of pyridine rings is 2. The molecule has 0 aliphatic carbocycles. The van der Waals surface area contributed by atoms with Crippen molar-refractivity contribution in [2.24, 2.45) is 5.41 Å². The molecule has 1 atom stereocenters. The van der Waals surface area contributed by atoms with Gasteiger partial charge < -0.3 is 15.4 Å². The summed E-state index contributed by atoms with van der Waals surface area (Å²) in [4.78, 5) is 16.4. The third kappa shape index (κ3) is 4.77. The number of halogens is 2. The highest BCUT2D eigenvalue weighted by Crippen LogP contribution is 2.35. The molecule has 0 aliphatic heterocycles. The first-order valence-corrected chi connectivity index (χ1v) is 12.8. The van der Waals surface area contributed by atoms with E-state index in [0.29, 0.717) is 51.2 Å². The Morgan fingerprint density at radius 2 is 1.75 bits per heavy atom. The summed E-state index contributed by atoms with van der Waals surface area (Å²) in [6.45, 7) is 6.10. The normalized spacial score (nSPS) is 12.8. The lowest BCUT2D eigenvalue weighted by Crippen LogP contribution is -2.25. The molecule has 8 nitrogen and oxygen atoms in total. The molecular weight excluding hydrogens is 512 g/mol. The van der Waals surface area contributed by atoms with Crippen LogP contribution in [0.3, 0.4) is 0 Å². The minimum Gasteiger partial charge on any atom is -0.374 e. The Hall–Kier alpha value is -4.70. The maximum atomic E-state index is 16.1. The van der Waals surface area contributed by atoms with Gasteiger partial charge in [0.25, 0.3) is 0 Å². The summed E-state index contributed by atoms with van der Waals surface area (Å²) in [6.07, 6.45) is 4.31. The van der Waals surface area contributed by atoms with Gasteiger partial charge in [-0.2, -0.15) is 5.10 Å². The zero-order valence-electron chi connectivity index (χ0n) is 22.1. The molecule has 4 aromatic heterocycles. The Bertz CT molecular complexity index is 1850. The van der Waals surface area contributed by atoms with Crippen LogP contribution < -0.4 is 5.32 Å². The van der Waals surface area contributed by atoms with Crippen molar-refractivity contribution in [1.29, 1.82) is 0 Å². The maximum Gasteiger partial charge on any atom is 0.161 e. The van der Waals surface area contributed by atoms with E-state index in [1.807, 2.05) is 32.9 Å². The molecule has 0 saturated heterocycles. The number of aliphatic hydroxyl groups is 1.